The van der Waals surface area contributed by atoms with Gasteiger partial charge in [-0.25, -0.2) is 0 Å². The van der Waals surface area contributed by atoms with E-state index in [2.05, 4.69) is 6.58 Å². The van der Waals surface area contributed by atoms with Crippen LogP contribution in [0.3, 0.4) is 0 Å². The van der Waals surface area contributed by atoms with Gasteiger partial charge in [0.1, 0.15) is 0 Å². The van der Waals surface area contributed by atoms with Crippen LogP contribution in [-0.4, -0.2) is 20.3 Å². The van der Waals surface area contributed by atoms with E-state index in [9.17, 15) is 0 Å². The molecule has 0 aliphatic rings. The van der Waals surface area contributed by atoms with Gasteiger partial charge in [0, 0.05) is 7.11 Å². The molecule has 1 rings (SSSR count). The molecule has 0 radical (unpaired) electrons. The van der Waals surface area contributed by atoms with Gasteiger partial charge in [0.25, 0.3) is 0 Å². The van der Waals surface area contributed by atoms with Gasteiger partial charge in [-0.05, 0) is 11.1 Å². The third-order valence-electron chi connectivity index (χ3n) is 1.92. The first-order valence-corrected chi connectivity index (χ1v) is 4.65. The molecule has 14 heavy (non-hydrogen) atoms. The zero-order valence-electron chi connectivity index (χ0n) is 8.53. The van der Waals surface area contributed by atoms with Crippen molar-refractivity contribution in [3.05, 3.63) is 42.0 Å². The molecular formula is C12H16O2. The SMILES string of the molecule is C=Cc1ccc(COCCOC)cc1. The third kappa shape index (κ3) is 3.73. The molecule has 0 N–H and O–H groups in total. The Bertz CT molecular complexity index is 264. The summed E-state index contributed by atoms with van der Waals surface area (Å²) in [5.74, 6) is 0. The molecule has 0 unspecified atom stereocenters. The molecule has 2 nitrogen and oxygen atoms in total. The number of rotatable bonds is 6. The first-order valence-electron chi connectivity index (χ1n) is 4.65. The van der Waals surface area contributed by atoms with Crippen molar-refractivity contribution in [3.63, 3.8) is 0 Å². The van der Waals surface area contributed by atoms with Crippen molar-refractivity contribution >= 4 is 6.08 Å². The number of hydrogen-bond acceptors (Lipinski definition) is 2. The highest BCUT2D eigenvalue weighted by Crippen LogP contribution is 2.06. The molecule has 0 saturated heterocycles. The van der Waals surface area contributed by atoms with E-state index in [1.807, 2.05) is 30.3 Å². The van der Waals surface area contributed by atoms with E-state index in [-0.39, 0.29) is 0 Å². The maximum Gasteiger partial charge on any atom is 0.0718 e. The van der Waals surface area contributed by atoms with Crippen molar-refractivity contribution in [2.45, 2.75) is 6.61 Å². The van der Waals surface area contributed by atoms with Crippen LogP contribution in [0.2, 0.25) is 0 Å². The predicted molar refractivity (Wildman–Crippen MR) is 58.1 cm³/mol. The van der Waals surface area contributed by atoms with Crippen LogP contribution < -0.4 is 0 Å². The standard InChI is InChI=1S/C12H16O2/c1-3-11-4-6-12(7-5-11)10-14-9-8-13-2/h3-7H,1,8-10H2,2H3. The molecule has 0 aliphatic carbocycles. The smallest absolute Gasteiger partial charge is 0.0718 e. The molecule has 1 aromatic rings. The zero-order valence-corrected chi connectivity index (χ0v) is 8.53. The van der Waals surface area contributed by atoms with E-state index in [0.717, 1.165) is 5.56 Å². The lowest BCUT2D eigenvalue weighted by Gasteiger charge is -2.03. The van der Waals surface area contributed by atoms with Crippen LogP contribution in [-0.2, 0) is 16.1 Å². The molecule has 0 amide bonds. The minimum absolute atomic E-state index is 0.639. The van der Waals surface area contributed by atoms with E-state index >= 15 is 0 Å². The second kappa shape index (κ2) is 6.35. The summed E-state index contributed by atoms with van der Waals surface area (Å²) in [6.07, 6.45) is 1.83. The quantitative estimate of drug-likeness (QED) is 0.645. The minimum Gasteiger partial charge on any atom is -0.382 e. The maximum atomic E-state index is 5.38. The minimum atomic E-state index is 0.639. The summed E-state index contributed by atoms with van der Waals surface area (Å²) >= 11 is 0. The highest BCUT2D eigenvalue weighted by atomic mass is 16.5. The Labute approximate surface area is 85.2 Å². The van der Waals surface area contributed by atoms with Gasteiger partial charge in [-0.1, -0.05) is 36.9 Å². The molecule has 0 fully saturated rings. The summed E-state index contributed by atoms with van der Waals surface area (Å²) in [7, 11) is 1.67. The van der Waals surface area contributed by atoms with Crippen molar-refractivity contribution in [3.8, 4) is 0 Å². The van der Waals surface area contributed by atoms with E-state index in [0.29, 0.717) is 19.8 Å². The Balaban J connectivity index is 2.32. The average Bonchev–Trinajstić information content (AvgIpc) is 2.25. The summed E-state index contributed by atoms with van der Waals surface area (Å²) < 4.78 is 10.3. The van der Waals surface area contributed by atoms with Gasteiger partial charge in [-0.15, -0.1) is 0 Å². The first kappa shape index (κ1) is 11.0. The summed E-state index contributed by atoms with van der Waals surface area (Å²) in [5.41, 5.74) is 2.30. The second-order valence-corrected chi connectivity index (χ2v) is 2.99. The van der Waals surface area contributed by atoms with Crippen LogP contribution in [0.15, 0.2) is 30.8 Å². The van der Waals surface area contributed by atoms with Crippen LogP contribution in [0.4, 0.5) is 0 Å². The van der Waals surface area contributed by atoms with Crippen molar-refractivity contribution in [2.24, 2.45) is 0 Å². The number of methoxy groups -OCH3 is 1. The fourth-order valence-electron chi connectivity index (χ4n) is 1.08. The highest BCUT2D eigenvalue weighted by molar-refractivity contribution is 5.47. The molecule has 0 saturated carbocycles. The number of hydrogen-bond donors (Lipinski definition) is 0. The Morgan fingerprint density at radius 2 is 1.93 bits per heavy atom. The van der Waals surface area contributed by atoms with Gasteiger partial charge in [0.2, 0.25) is 0 Å². The molecule has 2 heteroatoms. The summed E-state index contributed by atoms with van der Waals surface area (Å²) in [6.45, 7) is 5.62. The molecule has 0 spiro atoms. The Hall–Kier alpha value is -1.12. The lowest BCUT2D eigenvalue weighted by molar-refractivity contribution is 0.0616. The number of benzene rings is 1. The van der Waals surface area contributed by atoms with Crippen molar-refractivity contribution in [1.29, 1.82) is 0 Å². The van der Waals surface area contributed by atoms with E-state index in [1.54, 1.807) is 7.11 Å². The lowest BCUT2D eigenvalue weighted by Crippen LogP contribution is -2.01. The Kier molecular flexibility index (Phi) is 4.97. The lowest BCUT2D eigenvalue weighted by atomic mass is 10.1. The van der Waals surface area contributed by atoms with Crippen LogP contribution in [0.1, 0.15) is 11.1 Å². The molecule has 0 atom stereocenters. The van der Waals surface area contributed by atoms with Gasteiger partial charge in [0.05, 0.1) is 19.8 Å². The van der Waals surface area contributed by atoms with Gasteiger partial charge in [-0.3, -0.25) is 0 Å². The average molecular weight is 192 g/mol. The first-order chi connectivity index (χ1) is 6.86. The third-order valence-corrected chi connectivity index (χ3v) is 1.92. The van der Waals surface area contributed by atoms with Crippen LogP contribution in [0, 0.1) is 0 Å². The molecule has 0 aliphatic heterocycles. The topological polar surface area (TPSA) is 18.5 Å². The van der Waals surface area contributed by atoms with Crippen molar-refractivity contribution < 1.29 is 9.47 Å². The Morgan fingerprint density at radius 3 is 2.50 bits per heavy atom. The molecule has 1 aromatic carbocycles. The monoisotopic (exact) mass is 192 g/mol. The van der Waals surface area contributed by atoms with E-state index < -0.39 is 0 Å². The zero-order chi connectivity index (χ0) is 10.2. The predicted octanol–water partition coefficient (Wildman–Crippen LogP) is 2.49. The van der Waals surface area contributed by atoms with Crippen LogP contribution in [0.5, 0.6) is 0 Å². The fourth-order valence-corrected chi connectivity index (χ4v) is 1.08. The summed E-state index contributed by atoms with van der Waals surface area (Å²) in [4.78, 5) is 0. The maximum absolute atomic E-state index is 5.38. The fraction of sp³-hybridized carbons (Fsp3) is 0.333. The molecule has 0 bridgehead atoms. The highest BCUT2D eigenvalue weighted by Gasteiger charge is 1.92. The van der Waals surface area contributed by atoms with E-state index in [1.165, 1.54) is 5.56 Å². The summed E-state index contributed by atoms with van der Waals surface area (Å²) in [6, 6.07) is 8.15. The van der Waals surface area contributed by atoms with Crippen LogP contribution in [0.25, 0.3) is 6.08 Å². The normalized spacial score (nSPS) is 10.1. The van der Waals surface area contributed by atoms with Crippen molar-refractivity contribution in [2.75, 3.05) is 20.3 Å². The van der Waals surface area contributed by atoms with Gasteiger partial charge >= 0.3 is 0 Å². The largest absolute Gasteiger partial charge is 0.382 e. The summed E-state index contributed by atoms with van der Waals surface area (Å²) in [5, 5.41) is 0. The van der Waals surface area contributed by atoms with Crippen LogP contribution >= 0.6 is 0 Å². The molecule has 0 heterocycles. The molecule has 76 valence electrons. The molecular weight excluding hydrogens is 176 g/mol. The van der Waals surface area contributed by atoms with Gasteiger partial charge < -0.3 is 9.47 Å². The molecule has 0 aromatic heterocycles. The van der Waals surface area contributed by atoms with Crippen molar-refractivity contribution in [1.82, 2.24) is 0 Å². The second-order valence-electron chi connectivity index (χ2n) is 2.99. The van der Waals surface area contributed by atoms with Gasteiger partial charge in [0.15, 0.2) is 0 Å². The Morgan fingerprint density at radius 1 is 1.21 bits per heavy atom. The van der Waals surface area contributed by atoms with Gasteiger partial charge in [-0.2, -0.15) is 0 Å². The number of ether oxygens (including phenoxy) is 2. The van der Waals surface area contributed by atoms with E-state index in [4.69, 9.17) is 9.47 Å².